The van der Waals surface area contributed by atoms with Crippen LogP contribution in [0.5, 0.6) is 11.5 Å². The van der Waals surface area contributed by atoms with Gasteiger partial charge in [-0.1, -0.05) is 35.9 Å². The molecule has 0 spiro atoms. The molecular formula is C18H19NO3. The van der Waals surface area contributed by atoms with Gasteiger partial charge in [0.25, 0.3) is 0 Å². The third kappa shape index (κ3) is 3.58. The molecule has 114 valence electrons. The number of carbonyl (C=O) groups excluding carboxylic acids is 1. The first-order chi connectivity index (χ1) is 10.7. The first kappa shape index (κ1) is 14.4. The second-order valence-electron chi connectivity index (χ2n) is 5.45. The Morgan fingerprint density at radius 2 is 1.77 bits per heavy atom. The summed E-state index contributed by atoms with van der Waals surface area (Å²) in [4.78, 5) is 11.9. The smallest absolute Gasteiger partial charge is 0.231 e. The maximum Gasteiger partial charge on any atom is 0.231 e. The average molecular weight is 297 g/mol. The Kier molecular flexibility index (Phi) is 4.28. The Morgan fingerprint density at radius 1 is 1.05 bits per heavy atom. The number of rotatable bonds is 5. The lowest BCUT2D eigenvalue weighted by atomic mass is 10.1. The highest BCUT2D eigenvalue weighted by Crippen LogP contribution is 2.32. The lowest BCUT2D eigenvalue weighted by Crippen LogP contribution is -2.22. The molecule has 4 heteroatoms. The number of hydrogen-bond acceptors (Lipinski definition) is 3. The highest BCUT2D eigenvalue weighted by molar-refractivity contribution is 5.76. The predicted octanol–water partition coefficient (Wildman–Crippen LogP) is 2.97. The van der Waals surface area contributed by atoms with Crippen LogP contribution in [0, 0.1) is 6.92 Å². The Balaban J connectivity index is 1.47. The van der Waals surface area contributed by atoms with E-state index in [-0.39, 0.29) is 12.7 Å². The molecule has 2 aromatic rings. The summed E-state index contributed by atoms with van der Waals surface area (Å²) in [5.41, 5.74) is 3.42. The molecule has 0 fully saturated rings. The standard InChI is InChI=1S/C18H19NO3/c1-13-2-4-14(5-3-13)7-9-18(20)19-11-15-6-8-16-17(10-15)22-12-21-16/h2-6,8,10H,7,9,11-12H2,1H3,(H,19,20). The first-order valence-corrected chi connectivity index (χ1v) is 7.41. The number of carbonyl (C=O) groups is 1. The van der Waals surface area contributed by atoms with E-state index in [9.17, 15) is 4.79 Å². The van der Waals surface area contributed by atoms with E-state index in [1.165, 1.54) is 11.1 Å². The van der Waals surface area contributed by atoms with E-state index in [1.807, 2.05) is 18.2 Å². The van der Waals surface area contributed by atoms with Crippen LogP contribution >= 0.6 is 0 Å². The second-order valence-corrected chi connectivity index (χ2v) is 5.45. The normalized spacial score (nSPS) is 12.2. The number of aryl methyl sites for hydroxylation is 2. The van der Waals surface area contributed by atoms with Crippen LogP contribution in [-0.4, -0.2) is 12.7 Å². The molecular weight excluding hydrogens is 278 g/mol. The van der Waals surface area contributed by atoms with E-state index in [0.717, 1.165) is 23.5 Å². The minimum absolute atomic E-state index is 0.0539. The van der Waals surface area contributed by atoms with Gasteiger partial charge in [-0.15, -0.1) is 0 Å². The van der Waals surface area contributed by atoms with E-state index in [1.54, 1.807) is 0 Å². The first-order valence-electron chi connectivity index (χ1n) is 7.41. The number of nitrogens with one attached hydrogen (secondary N) is 1. The van der Waals surface area contributed by atoms with Gasteiger partial charge in [-0.05, 0) is 36.6 Å². The Morgan fingerprint density at radius 3 is 2.59 bits per heavy atom. The number of fused-ring (bicyclic) bond motifs is 1. The van der Waals surface area contributed by atoms with Gasteiger partial charge in [0.15, 0.2) is 11.5 Å². The van der Waals surface area contributed by atoms with Crippen LogP contribution in [0.15, 0.2) is 42.5 Å². The lowest BCUT2D eigenvalue weighted by Gasteiger charge is -2.06. The van der Waals surface area contributed by atoms with Gasteiger partial charge < -0.3 is 14.8 Å². The zero-order valence-electron chi connectivity index (χ0n) is 12.6. The third-order valence-corrected chi connectivity index (χ3v) is 3.69. The van der Waals surface area contributed by atoms with Gasteiger partial charge in [0.1, 0.15) is 0 Å². The monoisotopic (exact) mass is 297 g/mol. The SMILES string of the molecule is Cc1ccc(CCC(=O)NCc2ccc3c(c2)OCO3)cc1. The molecule has 2 aromatic carbocycles. The largest absolute Gasteiger partial charge is 0.454 e. The van der Waals surface area contributed by atoms with Gasteiger partial charge in [-0.2, -0.15) is 0 Å². The molecule has 1 heterocycles. The molecule has 0 atom stereocenters. The zero-order valence-corrected chi connectivity index (χ0v) is 12.6. The highest BCUT2D eigenvalue weighted by Gasteiger charge is 2.13. The molecule has 1 aliphatic heterocycles. The summed E-state index contributed by atoms with van der Waals surface area (Å²) < 4.78 is 10.6. The topological polar surface area (TPSA) is 47.6 Å². The van der Waals surface area contributed by atoms with Crippen molar-refractivity contribution in [2.45, 2.75) is 26.3 Å². The average Bonchev–Trinajstić information content (AvgIpc) is 3.00. The molecule has 0 bridgehead atoms. The van der Waals surface area contributed by atoms with Crippen molar-refractivity contribution in [1.82, 2.24) is 5.32 Å². The maximum atomic E-state index is 11.9. The summed E-state index contributed by atoms with van der Waals surface area (Å²) in [6, 6.07) is 14.0. The Hall–Kier alpha value is -2.49. The van der Waals surface area contributed by atoms with E-state index >= 15 is 0 Å². The molecule has 3 rings (SSSR count). The molecule has 1 aliphatic rings. The molecule has 1 amide bonds. The lowest BCUT2D eigenvalue weighted by molar-refractivity contribution is -0.121. The number of amides is 1. The van der Waals surface area contributed by atoms with Crippen molar-refractivity contribution in [3.63, 3.8) is 0 Å². The summed E-state index contributed by atoms with van der Waals surface area (Å²) in [5, 5.41) is 2.94. The van der Waals surface area contributed by atoms with Gasteiger partial charge >= 0.3 is 0 Å². The van der Waals surface area contributed by atoms with Crippen molar-refractivity contribution in [2.75, 3.05) is 6.79 Å². The Labute approximate surface area is 130 Å². The highest BCUT2D eigenvalue weighted by atomic mass is 16.7. The number of benzene rings is 2. The molecule has 0 aliphatic carbocycles. The minimum atomic E-state index is 0.0539. The van der Waals surface area contributed by atoms with Crippen LogP contribution in [-0.2, 0) is 17.8 Å². The van der Waals surface area contributed by atoms with Crippen molar-refractivity contribution in [3.05, 3.63) is 59.2 Å². The van der Waals surface area contributed by atoms with Crippen LogP contribution in [0.25, 0.3) is 0 Å². The maximum absolute atomic E-state index is 11.9. The summed E-state index contributed by atoms with van der Waals surface area (Å²) in [6.07, 6.45) is 1.25. The van der Waals surface area contributed by atoms with Gasteiger partial charge in [0.2, 0.25) is 12.7 Å². The summed E-state index contributed by atoms with van der Waals surface area (Å²) in [5.74, 6) is 1.55. The van der Waals surface area contributed by atoms with Crippen molar-refractivity contribution >= 4 is 5.91 Å². The van der Waals surface area contributed by atoms with E-state index < -0.39 is 0 Å². The molecule has 0 saturated carbocycles. The summed E-state index contributed by atoms with van der Waals surface area (Å²) in [6.45, 7) is 2.83. The fourth-order valence-corrected chi connectivity index (χ4v) is 2.35. The van der Waals surface area contributed by atoms with Crippen LogP contribution < -0.4 is 14.8 Å². The second kappa shape index (κ2) is 6.52. The van der Waals surface area contributed by atoms with Crippen LogP contribution in [0.1, 0.15) is 23.1 Å². The molecule has 22 heavy (non-hydrogen) atoms. The minimum Gasteiger partial charge on any atom is -0.454 e. The van der Waals surface area contributed by atoms with Crippen LogP contribution in [0.4, 0.5) is 0 Å². The molecule has 4 nitrogen and oxygen atoms in total. The molecule has 0 aromatic heterocycles. The predicted molar refractivity (Wildman–Crippen MR) is 83.9 cm³/mol. The Bertz CT molecular complexity index is 665. The molecule has 1 N–H and O–H groups in total. The van der Waals surface area contributed by atoms with Gasteiger partial charge in [-0.25, -0.2) is 0 Å². The van der Waals surface area contributed by atoms with E-state index in [0.29, 0.717) is 13.0 Å². The quantitative estimate of drug-likeness (QED) is 0.923. The van der Waals surface area contributed by atoms with Gasteiger partial charge in [0.05, 0.1) is 0 Å². The van der Waals surface area contributed by atoms with Gasteiger partial charge in [-0.3, -0.25) is 4.79 Å². The number of hydrogen-bond donors (Lipinski definition) is 1. The fourth-order valence-electron chi connectivity index (χ4n) is 2.35. The molecule has 0 unspecified atom stereocenters. The molecule has 0 radical (unpaired) electrons. The van der Waals surface area contributed by atoms with Crippen molar-refractivity contribution < 1.29 is 14.3 Å². The molecule has 0 saturated heterocycles. The third-order valence-electron chi connectivity index (χ3n) is 3.69. The van der Waals surface area contributed by atoms with Crippen molar-refractivity contribution in [2.24, 2.45) is 0 Å². The van der Waals surface area contributed by atoms with Gasteiger partial charge in [0, 0.05) is 13.0 Å². The van der Waals surface area contributed by atoms with Crippen LogP contribution in [0.2, 0.25) is 0 Å². The summed E-state index contributed by atoms with van der Waals surface area (Å²) in [7, 11) is 0. The van der Waals surface area contributed by atoms with E-state index in [4.69, 9.17) is 9.47 Å². The fraction of sp³-hybridized carbons (Fsp3) is 0.278. The van der Waals surface area contributed by atoms with Crippen molar-refractivity contribution in [3.8, 4) is 11.5 Å². The van der Waals surface area contributed by atoms with E-state index in [2.05, 4.69) is 36.5 Å². The zero-order chi connectivity index (χ0) is 15.4. The number of ether oxygens (including phenoxy) is 2. The van der Waals surface area contributed by atoms with Crippen molar-refractivity contribution in [1.29, 1.82) is 0 Å². The van der Waals surface area contributed by atoms with Crippen LogP contribution in [0.3, 0.4) is 0 Å². The summed E-state index contributed by atoms with van der Waals surface area (Å²) >= 11 is 0.